The minimum atomic E-state index is -0.532. The Balaban J connectivity index is 2.18. The van der Waals surface area contributed by atoms with E-state index in [9.17, 15) is 9.59 Å². The number of carbonyl (C=O) groups is 2. The van der Waals surface area contributed by atoms with Crippen molar-refractivity contribution in [1.29, 1.82) is 0 Å². The van der Waals surface area contributed by atoms with Crippen LogP contribution < -0.4 is 0 Å². The summed E-state index contributed by atoms with van der Waals surface area (Å²) in [4.78, 5) is 26.2. The van der Waals surface area contributed by atoms with E-state index in [0.717, 1.165) is 25.7 Å². The SMILES string of the molecule is CC1=CC([C@H]2CCCCCN2C(=O)OC(C)(C)C)C(=O)O1. The monoisotopic (exact) mass is 295 g/mol. The van der Waals surface area contributed by atoms with E-state index in [-0.39, 0.29) is 24.0 Å². The van der Waals surface area contributed by atoms with E-state index in [0.29, 0.717) is 12.3 Å². The fraction of sp³-hybridized carbons (Fsp3) is 0.750. The van der Waals surface area contributed by atoms with Gasteiger partial charge in [0, 0.05) is 6.54 Å². The zero-order valence-corrected chi connectivity index (χ0v) is 13.3. The third-order valence-electron chi connectivity index (χ3n) is 3.79. The van der Waals surface area contributed by atoms with Crippen molar-refractivity contribution >= 4 is 12.1 Å². The number of nitrogens with zero attached hydrogens (tertiary/aromatic N) is 1. The van der Waals surface area contributed by atoms with Crippen molar-refractivity contribution in [1.82, 2.24) is 4.90 Å². The van der Waals surface area contributed by atoms with E-state index in [4.69, 9.17) is 9.47 Å². The van der Waals surface area contributed by atoms with Gasteiger partial charge in [0.2, 0.25) is 0 Å². The summed E-state index contributed by atoms with van der Waals surface area (Å²) < 4.78 is 10.6. The molecule has 0 spiro atoms. The van der Waals surface area contributed by atoms with Crippen molar-refractivity contribution in [2.75, 3.05) is 6.54 Å². The first-order valence-corrected chi connectivity index (χ1v) is 7.68. The summed E-state index contributed by atoms with van der Waals surface area (Å²) in [5.74, 6) is 0.00182. The summed E-state index contributed by atoms with van der Waals surface area (Å²) in [6.07, 6.45) is 5.33. The normalized spacial score (nSPS) is 27.0. The quantitative estimate of drug-likeness (QED) is 0.697. The largest absolute Gasteiger partial charge is 0.444 e. The Morgan fingerprint density at radius 2 is 2.05 bits per heavy atom. The Hall–Kier alpha value is -1.52. The maximum absolute atomic E-state index is 12.5. The average molecular weight is 295 g/mol. The summed E-state index contributed by atoms with van der Waals surface area (Å²) >= 11 is 0. The third kappa shape index (κ3) is 3.99. The van der Waals surface area contributed by atoms with E-state index in [1.54, 1.807) is 11.8 Å². The van der Waals surface area contributed by atoms with Crippen LogP contribution in [0.1, 0.15) is 53.4 Å². The number of cyclic esters (lactones) is 1. The lowest BCUT2D eigenvalue weighted by molar-refractivity contribution is -0.141. The van der Waals surface area contributed by atoms with Crippen LogP contribution in [0.2, 0.25) is 0 Å². The molecule has 0 aliphatic carbocycles. The van der Waals surface area contributed by atoms with Crippen LogP contribution in [0.15, 0.2) is 11.8 Å². The van der Waals surface area contributed by atoms with Crippen LogP contribution in [-0.4, -0.2) is 35.2 Å². The molecule has 0 radical (unpaired) electrons. The Morgan fingerprint density at radius 1 is 1.33 bits per heavy atom. The molecule has 0 bridgehead atoms. The van der Waals surface area contributed by atoms with Gasteiger partial charge in [0.05, 0.1) is 12.0 Å². The molecule has 2 aliphatic heterocycles. The van der Waals surface area contributed by atoms with Gasteiger partial charge in [-0.25, -0.2) is 4.79 Å². The minimum Gasteiger partial charge on any atom is -0.444 e. The van der Waals surface area contributed by atoms with Crippen molar-refractivity contribution < 1.29 is 19.1 Å². The Labute approximate surface area is 126 Å². The molecule has 0 N–H and O–H groups in total. The van der Waals surface area contributed by atoms with Crippen LogP contribution in [-0.2, 0) is 14.3 Å². The van der Waals surface area contributed by atoms with Crippen molar-refractivity contribution in [2.24, 2.45) is 5.92 Å². The molecular formula is C16H25NO4. The van der Waals surface area contributed by atoms with Crippen LogP contribution in [0.5, 0.6) is 0 Å². The topological polar surface area (TPSA) is 55.8 Å². The van der Waals surface area contributed by atoms with Gasteiger partial charge < -0.3 is 14.4 Å². The van der Waals surface area contributed by atoms with Crippen molar-refractivity contribution in [2.45, 2.75) is 65.0 Å². The van der Waals surface area contributed by atoms with Crippen molar-refractivity contribution in [3.8, 4) is 0 Å². The second-order valence-corrected chi connectivity index (χ2v) is 6.81. The summed E-state index contributed by atoms with van der Waals surface area (Å²) in [5, 5.41) is 0. The fourth-order valence-corrected chi connectivity index (χ4v) is 2.90. The van der Waals surface area contributed by atoms with Gasteiger partial charge in [0.25, 0.3) is 0 Å². The van der Waals surface area contributed by atoms with Crippen LogP contribution in [0.4, 0.5) is 4.79 Å². The highest BCUT2D eigenvalue weighted by Crippen LogP contribution is 2.30. The molecule has 2 rings (SSSR count). The van der Waals surface area contributed by atoms with Gasteiger partial charge in [-0.15, -0.1) is 0 Å². The molecule has 0 aromatic rings. The first-order valence-electron chi connectivity index (χ1n) is 7.68. The van der Waals surface area contributed by atoms with E-state index < -0.39 is 5.60 Å². The average Bonchev–Trinajstić information content (AvgIpc) is 2.58. The van der Waals surface area contributed by atoms with Gasteiger partial charge in [-0.3, -0.25) is 4.79 Å². The number of likely N-dealkylation sites (tertiary alicyclic amines) is 1. The first kappa shape index (κ1) is 15.9. The molecule has 1 amide bonds. The predicted octanol–water partition coefficient (Wildman–Crippen LogP) is 3.24. The summed E-state index contributed by atoms with van der Waals surface area (Å²) in [6, 6.07) is -0.160. The second kappa shape index (κ2) is 6.08. The van der Waals surface area contributed by atoms with Gasteiger partial charge in [-0.05, 0) is 46.6 Å². The molecule has 2 heterocycles. The van der Waals surface area contributed by atoms with Gasteiger partial charge >= 0.3 is 12.1 Å². The van der Waals surface area contributed by atoms with Crippen molar-refractivity contribution in [3.05, 3.63) is 11.8 Å². The van der Waals surface area contributed by atoms with Crippen LogP contribution in [0, 0.1) is 5.92 Å². The predicted molar refractivity (Wildman–Crippen MR) is 78.5 cm³/mol. The van der Waals surface area contributed by atoms with Gasteiger partial charge in [-0.1, -0.05) is 12.8 Å². The molecule has 118 valence electrons. The highest BCUT2D eigenvalue weighted by Gasteiger charge is 2.40. The first-order chi connectivity index (χ1) is 9.78. The van der Waals surface area contributed by atoms with E-state index >= 15 is 0 Å². The molecule has 0 aromatic carbocycles. The molecule has 1 fully saturated rings. The maximum atomic E-state index is 12.5. The number of rotatable bonds is 1. The zero-order valence-electron chi connectivity index (χ0n) is 13.3. The lowest BCUT2D eigenvalue weighted by Gasteiger charge is -2.33. The standard InChI is InChI=1S/C16H25NO4/c1-11-10-12(14(18)20-11)13-8-6-5-7-9-17(13)15(19)21-16(2,3)4/h10,12-13H,5-9H2,1-4H3/t12?,13-/m1/s1. The Morgan fingerprint density at radius 3 is 2.62 bits per heavy atom. The number of ether oxygens (including phenoxy) is 2. The number of carbonyl (C=O) groups excluding carboxylic acids is 2. The zero-order chi connectivity index (χ0) is 15.6. The van der Waals surface area contributed by atoms with Gasteiger partial charge in [0.1, 0.15) is 11.4 Å². The fourth-order valence-electron chi connectivity index (χ4n) is 2.90. The van der Waals surface area contributed by atoms with Gasteiger partial charge in [-0.2, -0.15) is 0 Å². The summed E-state index contributed by atoms with van der Waals surface area (Å²) in [5.41, 5.74) is -0.532. The molecule has 2 aliphatic rings. The smallest absolute Gasteiger partial charge is 0.410 e. The summed E-state index contributed by atoms with van der Waals surface area (Å²) in [6.45, 7) is 7.96. The Kier molecular flexibility index (Phi) is 4.59. The van der Waals surface area contributed by atoms with Gasteiger partial charge in [0.15, 0.2) is 0 Å². The Bertz CT molecular complexity index is 450. The molecule has 1 saturated heterocycles. The number of amides is 1. The maximum Gasteiger partial charge on any atom is 0.410 e. The highest BCUT2D eigenvalue weighted by atomic mass is 16.6. The molecular weight excluding hydrogens is 270 g/mol. The lowest BCUT2D eigenvalue weighted by Crippen LogP contribution is -2.47. The number of hydrogen-bond donors (Lipinski definition) is 0. The molecule has 0 saturated carbocycles. The molecule has 1 unspecified atom stereocenters. The summed E-state index contributed by atoms with van der Waals surface area (Å²) in [7, 11) is 0. The number of esters is 1. The minimum absolute atomic E-state index is 0.160. The molecule has 0 aromatic heterocycles. The molecule has 5 nitrogen and oxygen atoms in total. The lowest BCUT2D eigenvalue weighted by atomic mass is 9.95. The molecule has 5 heteroatoms. The molecule has 2 atom stereocenters. The van der Waals surface area contributed by atoms with Crippen LogP contribution in [0.25, 0.3) is 0 Å². The number of hydrogen-bond acceptors (Lipinski definition) is 4. The van der Waals surface area contributed by atoms with E-state index in [1.165, 1.54) is 0 Å². The third-order valence-corrected chi connectivity index (χ3v) is 3.79. The van der Waals surface area contributed by atoms with Crippen LogP contribution >= 0.6 is 0 Å². The molecule has 21 heavy (non-hydrogen) atoms. The van der Waals surface area contributed by atoms with Crippen molar-refractivity contribution in [3.63, 3.8) is 0 Å². The second-order valence-electron chi connectivity index (χ2n) is 6.81. The highest BCUT2D eigenvalue weighted by molar-refractivity contribution is 5.80. The van der Waals surface area contributed by atoms with E-state index in [2.05, 4.69) is 0 Å². The van der Waals surface area contributed by atoms with Crippen LogP contribution in [0.3, 0.4) is 0 Å². The van der Waals surface area contributed by atoms with E-state index in [1.807, 2.05) is 26.8 Å². The number of allylic oxidation sites excluding steroid dienone is 1.